The van der Waals surface area contributed by atoms with E-state index in [9.17, 15) is 4.79 Å². The van der Waals surface area contributed by atoms with Crippen LogP contribution in [0.4, 0.5) is 11.5 Å². The van der Waals surface area contributed by atoms with E-state index in [1.165, 1.54) is 6.20 Å². The van der Waals surface area contributed by atoms with Crippen LogP contribution in [0.2, 0.25) is 0 Å². The molecule has 0 unspecified atom stereocenters. The predicted molar refractivity (Wildman–Crippen MR) is 70.3 cm³/mol. The molecule has 0 aliphatic heterocycles. The summed E-state index contributed by atoms with van der Waals surface area (Å²) in [6.07, 6.45) is 1.50. The Balaban J connectivity index is 2.19. The number of anilines is 2. The molecule has 3 N–H and O–H groups in total. The van der Waals surface area contributed by atoms with Gasteiger partial charge in [-0.3, -0.25) is 9.78 Å². The smallest absolute Gasteiger partial charge is 0.258 e. The van der Waals surface area contributed by atoms with Crippen LogP contribution in [0, 0.1) is 13.8 Å². The second kappa shape index (κ2) is 4.83. The summed E-state index contributed by atoms with van der Waals surface area (Å²) in [6, 6.07) is 6.90. The highest BCUT2D eigenvalue weighted by Crippen LogP contribution is 2.11. The molecule has 2 aromatic heterocycles. The molecular weight excluding hydrogens is 228 g/mol. The molecule has 0 aromatic carbocycles. The van der Waals surface area contributed by atoms with E-state index in [4.69, 9.17) is 5.73 Å². The maximum atomic E-state index is 12.0. The van der Waals surface area contributed by atoms with Crippen LogP contribution >= 0.6 is 0 Å². The lowest BCUT2D eigenvalue weighted by Gasteiger charge is -2.07. The summed E-state index contributed by atoms with van der Waals surface area (Å²) in [5.41, 5.74) is 8.20. The summed E-state index contributed by atoms with van der Waals surface area (Å²) in [7, 11) is 0. The van der Waals surface area contributed by atoms with E-state index in [2.05, 4.69) is 15.3 Å². The average molecular weight is 242 g/mol. The molecule has 18 heavy (non-hydrogen) atoms. The summed E-state index contributed by atoms with van der Waals surface area (Å²) in [4.78, 5) is 20.3. The summed E-state index contributed by atoms with van der Waals surface area (Å²) in [5, 5.41) is 2.70. The highest BCUT2D eigenvalue weighted by atomic mass is 16.1. The number of rotatable bonds is 2. The van der Waals surface area contributed by atoms with Crippen LogP contribution in [0.3, 0.4) is 0 Å². The van der Waals surface area contributed by atoms with E-state index in [1.807, 2.05) is 6.92 Å². The highest BCUT2D eigenvalue weighted by Gasteiger charge is 2.10. The van der Waals surface area contributed by atoms with Gasteiger partial charge in [-0.05, 0) is 38.1 Å². The largest absolute Gasteiger partial charge is 0.397 e. The number of amides is 1. The Morgan fingerprint density at radius 1 is 1.22 bits per heavy atom. The number of aromatic nitrogens is 2. The van der Waals surface area contributed by atoms with Crippen molar-refractivity contribution in [3.63, 3.8) is 0 Å². The minimum Gasteiger partial charge on any atom is -0.397 e. The van der Waals surface area contributed by atoms with E-state index in [0.29, 0.717) is 22.8 Å². The molecule has 0 radical (unpaired) electrons. The van der Waals surface area contributed by atoms with E-state index < -0.39 is 0 Å². The molecule has 0 fully saturated rings. The van der Waals surface area contributed by atoms with Crippen LogP contribution in [0.15, 0.2) is 30.5 Å². The minimum absolute atomic E-state index is 0.225. The van der Waals surface area contributed by atoms with Crippen LogP contribution in [-0.2, 0) is 0 Å². The predicted octanol–water partition coefficient (Wildman–Crippen LogP) is 1.93. The Kier molecular flexibility index (Phi) is 3.23. The number of hydrogen-bond acceptors (Lipinski definition) is 4. The summed E-state index contributed by atoms with van der Waals surface area (Å²) >= 11 is 0. The number of carbonyl (C=O) groups is 1. The third kappa shape index (κ3) is 2.63. The van der Waals surface area contributed by atoms with E-state index >= 15 is 0 Å². The van der Waals surface area contributed by atoms with Crippen LogP contribution in [0.1, 0.15) is 21.7 Å². The van der Waals surface area contributed by atoms with Crippen molar-refractivity contribution < 1.29 is 4.79 Å². The second-order valence-electron chi connectivity index (χ2n) is 4.02. The Bertz CT molecular complexity index is 578. The number of pyridine rings is 2. The lowest BCUT2D eigenvalue weighted by Crippen LogP contribution is -2.15. The van der Waals surface area contributed by atoms with Gasteiger partial charge in [0.1, 0.15) is 5.82 Å². The Hall–Kier alpha value is -2.43. The summed E-state index contributed by atoms with van der Waals surface area (Å²) in [6.45, 7) is 3.69. The van der Waals surface area contributed by atoms with Crippen molar-refractivity contribution in [3.05, 3.63) is 47.4 Å². The first kappa shape index (κ1) is 12.0. The Labute approximate surface area is 105 Å². The molecule has 0 saturated carbocycles. The van der Waals surface area contributed by atoms with Gasteiger partial charge in [0.15, 0.2) is 0 Å². The third-order valence-electron chi connectivity index (χ3n) is 2.50. The van der Waals surface area contributed by atoms with Crippen molar-refractivity contribution in [2.45, 2.75) is 13.8 Å². The second-order valence-corrected chi connectivity index (χ2v) is 4.02. The monoisotopic (exact) mass is 242 g/mol. The SMILES string of the molecule is Cc1ccc(C(=O)Nc2ccc(N)cn2)c(C)n1. The molecule has 0 saturated heterocycles. The van der Waals surface area contributed by atoms with E-state index in [-0.39, 0.29) is 5.91 Å². The van der Waals surface area contributed by atoms with Gasteiger partial charge in [-0.1, -0.05) is 0 Å². The average Bonchev–Trinajstić information content (AvgIpc) is 2.32. The normalized spacial score (nSPS) is 10.1. The summed E-state index contributed by atoms with van der Waals surface area (Å²) < 4.78 is 0. The number of nitrogen functional groups attached to an aromatic ring is 1. The molecule has 0 bridgehead atoms. The molecule has 2 heterocycles. The standard InChI is InChI=1S/C13H14N4O/c1-8-3-5-11(9(2)16-8)13(18)17-12-6-4-10(14)7-15-12/h3-7H,14H2,1-2H3,(H,15,17,18). The highest BCUT2D eigenvalue weighted by molar-refractivity contribution is 6.04. The van der Waals surface area contributed by atoms with Gasteiger partial charge in [-0.15, -0.1) is 0 Å². The lowest BCUT2D eigenvalue weighted by atomic mass is 10.1. The first-order valence-electron chi connectivity index (χ1n) is 5.53. The number of carbonyl (C=O) groups excluding carboxylic acids is 1. The van der Waals surface area contributed by atoms with Gasteiger partial charge in [-0.2, -0.15) is 0 Å². The zero-order valence-corrected chi connectivity index (χ0v) is 10.3. The molecular formula is C13H14N4O. The molecule has 0 atom stereocenters. The quantitative estimate of drug-likeness (QED) is 0.843. The van der Waals surface area contributed by atoms with Crippen LogP contribution in [0.25, 0.3) is 0 Å². The fourth-order valence-corrected chi connectivity index (χ4v) is 1.59. The first-order valence-corrected chi connectivity index (χ1v) is 5.53. The molecule has 0 spiro atoms. The molecule has 5 heteroatoms. The maximum absolute atomic E-state index is 12.0. The van der Waals surface area contributed by atoms with Gasteiger partial charge in [-0.25, -0.2) is 4.98 Å². The maximum Gasteiger partial charge on any atom is 0.258 e. The molecule has 5 nitrogen and oxygen atoms in total. The Morgan fingerprint density at radius 3 is 2.61 bits per heavy atom. The molecule has 1 amide bonds. The molecule has 0 aliphatic rings. The van der Waals surface area contributed by atoms with Crippen molar-refractivity contribution in [1.82, 2.24) is 9.97 Å². The molecule has 0 aliphatic carbocycles. The first-order chi connectivity index (χ1) is 8.56. The van der Waals surface area contributed by atoms with Gasteiger partial charge in [0.25, 0.3) is 5.91 Å². The van der Waals surface area contributed by atoms with Crippen LogP contribution < -0.4 is 11.1 Å². The van der Waals surface area contributed by atoms with Gasteiger partial charge >= 0.3 is 0 Å². The van der Waals surface area contributed by atoms with Crippen molar-refractivity contribution in [3.8, 4) is 0 Å². The van der Waals surface area contributed by atoms with Gasteiger partial charge in [0, 0.05) is 5.69 Å². The third-order valence-corrected chi connectivity index (χ3v) is 2.50. The molecule has 92 valence electrons. The minimum atomic E-state index is -0.225. The number of nitrogens with two attached hydrogens (primary N) is 1. The molecule has 2 aromatic rings. The zero-order valence-electron chi connectivity index (χ0n) is 10.3. The topological polar surface area (TPSA) is 80.9 Å². The fraction of sp³-hybridized carbons (Fsp3) is 0.154. The summed E-state index contributed by atoms with van der Waals surface area (Å²) in [5.74, 6) is 0.242. The Morgan fingerprint density at radius 2 is 2.00 bits per heavy atom. The van der Waals surface area contributed by atoms with Crippen molar-refractivity contribution in [2.75, 3.05) is 11.1 Å². The fourth-order valence-electron chi connectivity index (χ4n) is 1.59. The van der Waals surface area contributed by atoms with Crippen molar-refractivity contribution in [1.29, 1.82) is 0 Å². The number of hydrogen-bond donors (Lipinski definition) is 2. The van der Waals surface area contributed by atoms with Crippen LogP contribution in [0.5, 0.6) is 0 Å². The number of nitrogens with one attached hydrogen (secondary N) is 1. The van der Waals surface area contributed by atoms with E-state index in [1.54, 1.807) is 31.2 Å². The molecule has 2 rings (SSSR count). The lowest BCUT2D eigenvalue weighted by molar-refractivity contribution is 0.102. The zero-order chi connectivity index (χ0) is 13.1. The number of nitrogens with zero attached hydrogens (tertiary/aromatic N) is 2. The van der Waals surface area contributed by atoms with Crippen molar-refractivity contribution in [2.24, 2.45) is 0 Å². The number of aryl methyl sites for hydroxylation is 2. The van der Waals surface area contributed by atoms with Gasteiger partial charge < -0.3 is 11.1 Å². The van der Waals surface area contributed by atoms with Crippen molar-refractivity contribution >= 4 is 17.4 Å². The van der Waals surface area contributed by atoms with Crippen LogP contribution in [-0.4, -0.2) is 15.9 Å². The van der Waals surface area contributed by atoms with Gasteiger partial charge in [0.05, 0.1) is 23.1 Å². The van der Waals surface area contributed by atoms with Gasteiger partial charge in [0.2, 0.25) is 0 Å². The van der Waals surface area contributed by atoms with E-state index in [0.717, 1.165) is 5.69 Å².